The molecule has 0 saturated carbocycles. The highest BCUT2D eigenvalue weighted by atomic mass is 15.2. The maximum atomic E-state index is 5.44. The van der Waals surface area contributed by atoms with Gasteiger partial charge in [0.25, 0.3) is 0 Å². The summed E-state index contributed by atoms with van der Waals surface area (Å²) < 4.78 is 6.90. The summed E-state index contributed by atoms with van der Waals surface area (Å²) in [5.41, 5.74) is 12.8. The number of benzene rings is 9. The van der Waals surface area contributed by atoms with Crippen LogP contribution < -0.4 is 0 Å². The number of para-hydroxylation sites is 6. The zero-order valence-corrected chi connectivity index (χ0v) is 34.0. The van der Waals surface area contributed by atoms with Crippen LogP contribution in [-0.2, 0) is 0 Å². The van der Waals surface area contributed by atoms with Crippen LogP contribution in [0.2, 0.25) is 0 Å². The topological polar surface area (TPSA) is 53.5 Å². The highest BCUT2D eigenvalue weighted by molar-refractivity contribution is 6.16. The Morgan fingerprint density at radius 3 is 1.44 bits per heavy atom. The minimum absolute atomic E-state index is 0.555. The Morgan fingerprint density at radius 2 is 0.794 bits per heavy atom. The minimum Gasteiger partial charge on any atom is -0.309 e. The van der Waals surface area contributed by atoms with Crippen LogP contribution >= 0.6 is 0 Å². The molecule has 9 aromatic carbocycles. The largest absolute Gasteiger partial charge is 0.309 e. The third-order valence-electron chi connectivity index (χ3n) is 12.5. The molecule has 0 aliphatic carbocycles. The van der Waals surface area contributed by atoms with E-state index in [1.807, 2.05) is 0 Å². The molecule has 0 aliphatic heterocycles. The van der Waals surface area contributed by atoms with Gasteiger partial charge in [-0.3, -0.25) is 4.57 Å². The number of fused-ring (bicyclic) bond motifs is 9. The van der Waals surface area contributed by atoms with Crippen LogP contribution in [0.3, 0.4) is 0 Å². The van der Waals surface area contributed by atoms with Gasteiger partial charge in [0.2, 0.25) is 5.95 Å². The van der Waals surface area contributed by atoms with E-state index in [9.17, 15) is 0 Å². The molecule has 294 valence electrons. The van der Waals surface area contributed by atoms with Gasteiger partial charge in [0.1, 0.15) is 0 Å². The molecule has 0 bridgehead atoms. The average Bonchev–Trinajstić information content (AvgIpc) is 4.00. The van der Waals surface area contributed by atoms with Crippen molar-refractivity contribution in [1.82, 2.24) is 28.7 Å². The van der Waals surface area contributed by atoms with E-state index >= 15 is 0 Å². The minimum atomic E-state index is 0.555. The van der Waals surface area contributed by atoms with Gasteiger partial charge in [-0.25, -0.2) is 4.98 Å². The van der Waals surface area contributed by atoms with Crippen LogP contribution in [0.5, 0.6) is 0 Å². The fourth-order valence-corrected chi connectivity index (χ4v) is 9.81. The van der Waals surface area contributed by atoms with Crippen LogP contribution in [0.4, 0.5) is 0 Å². The lowest BCUT2D eigenvalue weighted by molar-refractivity contribution is 0.952. The monoisotopic (exact) mass is 804 g/mol. The van der Waals surface area contributed by atoms with E-state index in [1.165, 1.54) is 27.3 Å². The Bertz CT molecular complexity index is 3810. The maximum absolute atomic E-state index is 5.44. The van der Waals surface area contributed by atoms with Gasteiger partial charge in [0, 0.05) is 49.1 Å². The third kappa shape index (κ3) is 5.41. The number of hydrogen-bond donors (Lipinski definition) is 0. The Kier molecular flexibility index (Phi) is 7.80. The SMILES string of the molecule is c1ccc(-c2cccc3c2c2ccc(-c4nc(-c5ccccc5-n5c6ccccc6c6ccccc65)nc(-n5c6ccccc6c6ccccc65)n4)cc2n3-c2ccccc2)cc1. The molecule has 4 aromatic heterocycles. The van der Waals surface area contributed by atoms with Crippen molar-refractivity contribution in [1.29, 1.82) is 0 Å². The van der Waals surface area contributed by atoms with Crippen LogP contribution in [0.25, 0.3) is 117 Å². The van der Waals surface area contributed by atoms with Crippen LogP contribution in [0.1, 0.15) is 0 Å². The fourth-order valence-electron chi connectivity index (χ4n) is 9.81. The summed E-state index contributed by atoms with van der Waals surface area (Å²) in [6.45, 7) is 0. The van der Waals surface area contributed by atoms with Gasteiger partial charge >= 0.3 is 0 Å². The molecule has 0 radical (unpaired) electrons. The van der Waals surface area contributed by atoms with Crippen molar-refractivity contribution in [3.63, 3.8) is 0 Å². The van der Waals surface area contributed by atoms with Crippen LogP contribution in [-0.4, -0.2) is 28.7 Å². The van der Waals surface area contributed by atoms with E-state index in [-0.39, 0.29) is 0 Å². The summed E-state index contributed by atoms with van der Waals surface area (Å²) in [4.78, 5) is 16.3. The molecular weight excluding hydrogens is 769 g/mol. The molecule has 13 rings (SSSR count). The maximum Gasteiger partial charge on any atom is 0.238 e. The van der Waals surface area contributed by atoms with Gasteiger partial charge in [-0.1, -0.05) is 158 Å². The zero-order chi connectivity index (χ0) is 41.4. The van der Waals surface area contributed by atoms with Gasteiger partial charge in [0.05, 0.1) is 38.8 Å². The van der Waals surface area contributed by atoms with E-state index in [0.29, 0.717) is 17.6 Å². The van der Waals surface area contributed by atoms with Crippen molar-refractivity contribution in [3.05, 3.63) is 218 Å². The van der Waals surface area contributed by atoms with E-state index in [2.05, 4.69) is 232 Å². The van der Waals surface area contributed by atoms with E-state index < -0.39 is 0 Å². The molecule has 0 aliphatic rings. The van der Waals surface area contributed by atoms with Crippen molar-refractivity contribution in [2.45, 2.75) is 0 Å². The smallest absolute Gasteiger partial charge is 0.238 e. The lowest BCUT2D eigenvalue weighted by Crippen LogP contribution is -2.08. The number of nitrogens with zero attached hydrogens (tertiary/aromatic N) is 6. The molecule has 13 aromatic rings. The molecule has 0 saturated heterocycles. The average molecular weight is 805 g/mol. The van der Waals surface area contributed by atoms with Crippen molar-refractivity contribution < 1.29 is 0 Å². The Hall–Kier alpha value is -8.61. The second kappa shape index (κ2) is 14.0. The highest BCUT2D eigenvalue weighted by Gasteiger charge is 2.23. The Morgan fingerprint density at radius 1 is 0.286 bits per heavy atom. The molecule has 4 heterocycles. The molecule has 0 spiro atoms. The summed E-state index contributed by atoms with van der Waals surface area (Å²) >= 11 is 0. The van der Waals surface area contributed by atoms with Crippen molar-refractivity contribution in [2.24, 2.45) is 0 Å². The predicted octanol–water partition coefficient (Wildman–Crippen LogP) is 14.2. The molecule has 0 fully saturated rings. The first-order valence-corrected chi connectivity index (χ1v) is 21.3. The number of hydrogen-bond acceptors (Lipinski definition) is 3. The highest BCUT2D eigenvalue weighted by Crippen LogP contribution is 2.41. The number of aromatic nitrogens is 6. The standard InChI is InChI=1S/C57H36N6/c1-3-18-37(19-4-1)40-27-17-33-52-54(40)45-35-34-38(36-53(45)61(52)39-20-5-2-6-21-39)55-58-56(60-57(59-55)63-49-30-14-9-24-43(49)44-25-10-15-31-50(44)63)46-26-11-16-32-51(46)62-47-28-12-7-22-41(47)42-23-8-13-29-48(42)62/h1-36H. The van der Waals surface area contributed by atoms with Crippen molar-refractivity contribution in [3.8, 4) is 51.2 Å². The molecule has 6 nitrogen and oxygen atoms in total. The quantitative estimate of drug-likeness (QED) is 0.168. The van der Waals surface area contributed by atoms with E-state index in [0.717, 1.165) is 71.8 Å². The second-order valence-electron chi connectivity index (χ2n) is 16.0. The number of rotatable bonds is 6. The predicted molar refractivity (Wildman–Crippen MR) is 259 cm³/mol. The lowest BCUT2D eigenvalue weighted by atomic mass is 9.99. The first-order valence-electron chi connectivity index (χ1n) is 21.3. The summed E-state index contributed by atoms with van der Waals surface area (Å²) in [5.74, 6) is 1.73. The van der Waals surface area contributed by atoms with E-state index in [1.54, 1.807) is 0 Å². The van der Waals surface area contributed by atoms with Gasteiger partial charge in [-0.15, -0.1) is 0 Å². The third-order valence-corrected chi connectivity index (χ3v) is 12.5. The van der Waals surface area contributed by atoms with E-state index in [4.69, 9.17) is 15.0 Å². The first kappa shape index (κ1) is 35.2. The molecule has 0 unspecified atom stereocenters. The lowest BCUT2D eigenvalue weighted by Gasteiger charge is -2.15. The first-order chi connectivity index (χ1) is 31.3. The van der Waals surface area contributed by atoms with Gasteiger partial charge < -0.3 is 9.13 Å². The normalized spacial score (nSPS) is 11.8. The van der Waals surface area contributed by atoms with Crippen LogP contribution in [0.15, 0.2) is 218 Å². The second-order valence-corrected chi connectivity index (χ2v) is 16.0. The summed E-state index contributed by atoms with van der Waals surface area (Å²) in [7, 11) is 0. The van der Waals surface area contributed by atoms with Gasteiger partial charge in [0.15, 0.2) is 11.6 Å². The van der Waals surface area contributed by atoms with Crippen LogP contribution in [0, 0.1) is 0 Å². The molecule has 6 heteroatoms. The molecular formula is C57H36N6. The molecule has 63 heavy (non-hydrogen) atoms. The van der Waals surface area contributed by atoms with Crippen molar-refractivity contribution in [2.75, 3.05) is 0 Å². The summed E-state index contributed by atoms with van der Waals surface area (Å²) in [5, 5.41) is 7.04. The Balaban J connectivity index is 1.11. The Labute approximate surface area is 362 Å². The zero-order valence-electron chi connectivity index (χ0n) is 34.0. The van der Waals surface area contributed by atoms with Gasteiger partial charge in [-0.05, 0) is 71.8 Å². The summed E-state index contributed by atoms with van der Waals surface area (Å²) in [6, 6.07) is 77.3. The van der Waals surface area contributed by atoms with Gasteiger partial charge in [-0.2, -0.15) is 9.97 Å². The molecule has 0 amide bonds. The van der Waals surface area contributed by atoms with Crippen molar-refractivity contribution >= 4 is 65.4 Å². The fraction of sp³-hybridized carbons (Fsp3) is 0. The summed E-state index contributed by atoms with van der Waals surface area (Å²) in [6.07, 6.45) is 0. The molecule has 0 atom stereocenters. The molecule has 0 N–H and O–H groups in total.